The van der Waals surface area contributed by atoms with Crippen LogP contribution in [0.5, 0.6) is 0 Å². The molecule has 3 heteroatoms. The standard InChI is InChI=1S/C27H23N3/c1-21-11-13-25(14-12-21)30(24-8-4-3-5-9-24)26-17-15-23(16-18-26)29(2)27-10-6-7-22(19-27)20-28/h3-19H,1-2H3. The van der Waals surface area contributed by atoms with Crippen molar-refractivity contribution in [2.45, 2.75) is 6.92 Å². The molecule has 146 valence electrons. The molecule has 0 radical (unpaired) electrons. The smallest absolute Gasteiger partial charge is 0.0992 e. The van der Waals surface area contributed by atoms with Crippen molar-refractivity contribution in [3.8, 4) is 6.07 Å². The van der Waals surface area contributed by atoms with E-state index in [1.165, 1.54) is 5.56 Å². The van der Waals surface area contributed by atoms with Gasteiger partial charge in [-0.1, -0.05) is 42.0 Å². The minimum absolute atomic E-state index is 0.658. The maximum Gasteiger partial charge on any atom is 0.0992 e. The molecule has 0 N–H and O–H groups in total. The van der Waals surface area contributed by atoms with Crippen LogP contribution >= 0.6 is 0 Å². The molecule has 0 aromatic heterocycles. The SMILES string of the molecule is Cc1ccc(N(c2ccccc2)c2ccc(N(C)c3cccc(C#N)c3)cc2)cc1. The second-order valence-corrected chi connectivity index (χ2v) is 7.24. The number of rotatable bonds is 5. The summed E-state index contributed by atoms with van der Waals surface area (Å²) in [6, 6.07) is 37.3. The van der Waals surface area contributed by atoms with E-state index in [-0.39, 0.29) is 0 Å². The van der Waals surface area contributed by atoms with Crippen LogP contribution in [0.3, 0.4) is 0 Å². The van der Waals surface area contributed by atoms with Gasteiger partial charge < -0.3 is 9.80 Å². The first kappa shape index (κ1) is 19.3. The van der Waals surface area contributed by atoms with Gasteiger partial charge in [-0.2, -0.15) is 5.26 Å². The highest BCUT2D eigenvalue weighted by molar-refractivity contribution is 5.78. The molecular formula is C27H23N3. The minimum Gasteiger partial charge on any atom is -0.345 e. The van der Waals surface area contributed by atoms with Gasteiger partial charge >= 0.3 is 0 Å². The van der Waals surface area contributed by atoms with Gasteiger partial charge in [0.2, 0.25) is 0 Å². The number of benzene rings is 4. The second-order valence-electron chi connectivity index (χ2n) is 7.24. The predicted octanol–water partition coefficient (Wildman–Crippen LogP) is 7.10. The van der Waals surface area contributed by atoms with Crippen molar-refractivity contribution >= 4 is 28.4 Å². The van der Waals surface area contributed by atoms with Crippen LogP contribution < -0.4 is 9.80 Å². The van der Waals surface area contributed by atoms with E-state index >= 15 is 0 Å². The Hall–Kier alpha value is -4.03. The van der Waals surface area contributed by atoms with Crippen molar-refractivity contribution in [2.24, 2.45) is 0 Å². The maximum absolute atomic E-state index is 9.17. The number of anilines is 5. The Morgan fingerprint density at radius 3 is 1.77 bits per heavy atom. The molecule has 0 saturated heterocycles. The fraction of sp³-hybridized carbons (Fsp3) is 0.0741. The lowest BCUT2D eigenvalue weighted by atomic mass is 10.1. The van der Waals surface area contributed by atoms with Gasteiger partial charge in [0.25, 0.3) is 0 Å². The average Bonchev–Trinajstić information content (AvgIpc) is 2.81. The summed E-state index contributed by atoms with van der Waals surface area (Å²) in [6.45, 7) is 2.10. The Bertz CT molecular complexity index is 1160. The summed E-state index contributed by atoms with van der Waals surface area (Å²) < 4.78 is 0. The fourth-order valence-corrected chi connectivity index (χ4v) is 3.48. The van der Waals surface area contributed by atoms with Crippen LogP contribution in [-0.2, 0) is 0 Å². The summed E-state index contributed by atoms with van der Waals surface area (Å²) in [5.41, 5.74) is 7.27. The van der Waals surface area contributed by atoms with Crippen molar-refractivity contribution < 1.29 is 0 Å². The molecule has 3 nitrogen and oxygen atoms in total. The molecule has 0 spiro atoms. The molecule has 30 heavy (non-hydrogen) atoms. The Balaban J connectivity index is 1.69. The molecule has 4 aromatic carbocycles. The molecule has 0 fully saturated rings. The highest BCUT2D eigenvalue weighted by Crippen LogP contribution is 2.36. The van der Waals surface area contributed by atoms with Crippen LogP contribution in [0.4, 0.5) is 28.4 Å². The van der Waals surface area contributed by atoms with E-state index < -0.39 is 0 Å². The second kappa shape index (κ2) is 8.55. The molecule has 0 amide bonds. The lowest BCUT2D eigenvalue weighted by Crippen LogP contribution is -2.12. The fourth-order valence-electron chi connectivity index (χ4n) is 3.48. The van der Waals surface area contributed by atoms with Crippen molar-refractivity contribution in [1.82, 2.24) is 0 Å². The van der Waals surface area contributed by atoms with Gasteiger partial charge in [-0.05, 0) is 73.7 Å². The minimum atomic E-state index is 0.658. The number of para-hydroxylation sites is 1. The first-order chi connectivity index (χ1) is 14.7. The van der Waals surface area contributed by atoms with Crippen LogP contribution in [0, 0.1) is 18.3 Å². The number of aryl methyl sites for hydroxylation is 1. The van der Waals surface area contributed by atoms with Crippen LogP contribution in [0.2, 0.25) is 0 Å². The zero-order valence-corrected chi connectivity index (χ0v) is 17.2. The molecule has 0 bridgehead atoms. The summed E-state index contributed by atoms with van der Waals surface area (Å²) in [5, 5.41) is 9.17. The van der Waals surface area contributed by atoms with E-state index in [1.807, 2.05) is 37.4 Å². The largest absolute Gasteiger partial charge is 0.345 e. The van der Waals surface area contributed by atoms with Crippen molar-refractivity contribution in [1.29, 1.82) is 5.26 Å². The summed E-state index contributed by atoms with van der Waals surface area (Å²) in [4.78, 5) is 4.34. The zero-order valence-electron chi connectivity index (χ0n) is 17.2. The Kier molecular flexibility index (Phi) is 5.50. The van der Waals surface area contributed by atoms with E-state index in [4.69, 9.17) is 0 Å². The number of hydrogen-bond donors (Lipinski definition) is 0. The zero-order chi connectivity index (χ0) is 20.9. The lowest BCUT2D eigenvalue weighted by molar-refractivity contribution is 1.20. The molecule has 0 aliphatic heterocycles. The molecule has 0 heterocycles. The molecule has 0 unspecified atom stereocenters. The van der Waals surface area contributed by atoms with Crippen molar-refractivity contribution in [3.63, 3.8) is 0 Å². The molecular weight excluding hydrogens is 366 g/mol. The third-order valence-electron chi connectivity index (χ3n) is 5.16. The molecule has 4 aromatic rings. The summed E-state index contributed by atoms with van der Waals surface area (Å²) >= 11 is 0. The molecule has 0 atom stereocenters. The van der Waals surface area contributed by atoms with Crippen LogP contribution in [0.15, 0.2) is 103 Å². The maximum atomic E-state index is 9.17. The third kappa shape index (κ3) is 4.04. The van der Waals surface area contributed by atoms with Gasteiger partial charge in [-0.15, -0.1) is 0 Å². The number of nitrogens with zero attached hydrogens (tertiary/aromatic N) is 3. The average molecular weight is 390 g/mol. The Morgan fingerprint density at radius 1 is 0.600 bits per heavy atom. The van der Waals surface area contributed by atoms with Gasteiger partial charge in [0, 0.05) is 35.5 Å². The van der Waals surface area contributed by atoms with Gasteiger partial charge in [0.15, 0.2) is 0 Å². The quantitative estimate of drug-likeness (QED) is 0.364. The molecule has 4 rings (SSSR count). The molecule has 0 saturated carbocycles. The highest BCUT2D eigenvalue weighted by Gasteiger charge is 2.13. The van der Waals surface area contributed by atoms with Crippen molar-refractivity contribution in [2.75, 3.05) is 16.8 Å². The molecule has 0 aliphatic carbocycles. The van der Waals surface area contributed by atoms with Crippen molar-refractivity contribution in [3.05, 3.63) is 114 Å². The summed E-state index contributed by atoms with van der Waals surface area (Å²) in [7, 11) is 2.01. The van der Waals surface area contributed by atoms with E-state index in [9.17, 15) is 5.26 Å². The monoisotopic (exact) mass is 389 g/mol. The summed E-state index contributed by atoms with van der Waals surface area (Å²) in [5.74, 6) is 0. The van der Waals surface area contributed by atoms with Gasteiger partial charge in [0.05, 0.1) is 11.6 Å². The van der Waals surface area contributed by atoms with Gasteiger partial charge in [0.1, 0.15) is 0 Å². The first-order valence-electron chi connectivity index (χ1n) is 9.91. The van der Waals surface area contributed by atoms with E-state index in [0.29, 0.717) is 5.56 Å². The molecule has 0 aliphatic rings. The van der Waals surface area contributed by atoms with Gasteiger partial charge in [-0.25, -0.2) is 0 Å². The van der Waals surface area contributed by atoms with E-state index in [1.54, 1.807) is 0 Å². The Morgan fingerprint density at radius 2 is 1.13 bits per heavy atom. The topological polar surface area (TPSA) is 30.3 Å². The van der Waals surface area contributed by atoms with Crippen LogP contribution in [0.25, 0.3) is 0 Å². The lowest BCUT2D eigenvalue weighted by Gasteiger charge is -2.26. The van der Waals surface area contributed by atoms with Crippen LogP contribution in [-0.4, -0.2) is 7.05 Å². The summed E-state index contributed by atoms with van der Waals surface area (Å²) in [6.07, 6.45) is 0. The predicted molar refractivity (Wildman–Crippen MR) is 125 cm³/mol. The number of hydrogen-bond acceptors (Lipinski definition) is 3. The third-order valence-corrected chi connectivity index (χ3v) is 5.16. The highest BCUT2D eigenvalue weighted by atomic mass is 15.1. The van der Waals surface area contributed by atoms with E-state index in [2.05, 4.69) is 95.6 Å². The van der Waals surface area contributed by atoms with Crippen LogP contribution in [0.1, 0.15) is 11.1 Å². The van der Waals surface area contributed by atoms with Gasteiger partial charge in [-0.3, -0.25) is 0 Å². The number of nitriles is 1. The van der Waals surface area contributed by atoms with E-state index in [0.717, 1.165) is 28.4 Å². The normalized spacial score (nSPS) is 10.3. The Labute approximate surface area is 178 Å². The first-order valence-corrected chi connectivity index (χ1v) is 9.91.